The summed E-state index contributed by atoms with van der Waals surface area (Å²) in [5.74, 6) is 0.253. The molecule has 2 saturated heterocycles. The minimum atomic E-state index is 0.0343. The number of nitrogens with two attached hydrogens (primary N) is 1. The van der Waals surface area contributed by atoms with E-state index in [1.165, 1.54) is 32.4 Å². The highest BCUT2D eigenvalue weighted by Crippen LogP contribution is 2.22. The van der Waals surface area contributed by atoms with Crippen LogP contribution >= 0.6 is 0 Å². The van der Waals surface area contributed by atoms with Gasteiger partial charge in [0.1, 0.15) is 0 Å². The maximum absolute atomic E-state index is 12.6. The molecule has 6 nitrogen and oxygen atoms in total. The summed E-state index contributed by atoms with van der Waals surface area (Å²) >= 11 is 0. The lowest BCUT2D eigenvalue weighted by molar-refractivity contribution is 0.0770. The Balaban J connectivity index is 1.66. The van der Waals surface area contributed by atoms with Gasteiger partial charge in [-0.2, -0.15) is 0 Å². The molecule has 1 aromatic rings. The molecular formula is C15H23N5O. The van der Waals surface area contributed by atoms with E-state index in [9.17, 15) is 4.79 Å². The smallest absolute Gasteiger partial charge is 0.257 e. The Morgan fingerprint density at radius 2 is 2.05 bits per heavy atom. The number of likely N-dealkylation sites (tertiary alicyclic amines) is 2. The van der Waals surface area contributed by atoms with Gasteiger partial charge in [0, 0.05) is 25.3 Å². The van der Waals surface area contributed by atoms with Crippen molar-refractivity contribution in [3.8, 4) is 0 Å². The van der Waals surface area contributed by atoms with Crippen LogP contribution in [0.15, 0.2) is 6.20 Å². The van der Waals surface area contributed by atoms with E-state index in [4.69, 9.17) is 5.73 Å². The van der Waals surface area contributed by atoms with Gasteiger partial charge in [-0.1, -0.05) is 6.42 Å². The number of nitrogens with zero attached hydrogens (tertiary/aromatic N) is 4. The Morgan fingerprint density at radius 1 is 1.29 bits per heavy atom. The summed E-state index contributed by atoms with van der Waals surface area (Å²) in [6.45, 7) is 5.81. The lowest BCUT2D eigenvalue weighted by atomic mass is 10.1. The number of hydrogen-bond acceptors (Lipinski definition) is 5. The third-order valence-corrected chi connectivity index (χ3v) is 4.59. The minimum absolute atomic E-state index is 0.0343. The average Bonchev–Trinajstić information content (AvgIpc) is 2.97. The molecule has 6 heteroatoms. The number of aromatic nitrogens is 2. The molecule has 3 heterocycles. The molecule has 0 aliphatic carbocycles. The van der Waals surface area contributed by atoms with E-state index >= 15 is 0 Å². The Bertz CT molecular complexity index is 527. The quantitative estimate of drug-likeness (QED) is 0.881. The fraction of sp³-hybridized carbons (Fsp3) is 0.667. The van der Waals surface area contributed by atoms with Crippen molar-refractivity contribution in [1.82, 2.24) is 19.8 Å². The predicted molar refractivity (Wildman–Crippen MR) is 80.9 cm³/mol. The van der Waals surface area contributed by atoms with Gasteiger partial charge in [-0.05, 0) is 39.3 Å². The van der Waals surface area contributed by atoms with E-state index < -0.39 is 0 Å². The molecule has 2 aliphatic rings. The summed E-state index contributed by atoms with van der Waals surface area (Å²) in [5.41, 5.74) is 6.78. The molecule has 2 fully saturated rings. The third-order valence-electron chi connectivity index (χ3n) is 4.59. The molecule has 1 amide bonds. The van der Waals surface area contributed by atoms with E-state index in [1.54, 1.807) is 6.20 Å². The molecule has 2 N–H and O–H groups in total. The monoisotopic (exact) mass is 289 g/mol. The van der Waals surface area contributed by atoms with Crippen LogP contribution in [0.5, 0.6) is 0 Å². The lowest BCUT2D eigenvalue weighted by Gasteiger charge is -2.32. The molecule has 1 aromatic heterocycles. The summed E-state index contributed by atoms with van der Waals surface area (Å²) in [5, 5.41) is 0. The number of rotatable bonds is 2. The summed E-state index contributed by atoms with van der Waals surface area (Å²) in [6, 6.07) is 0.518. The summed E-state index contributed by atoms with van der Waals surface area (Å²) < 4.78 is 0. The molecule has 0 aromatic carbocycles. The second kappa shape index (κ2) is 5.97. The van der Waals surface area contributed by atoms with E-state index in [-0.39, 0.29) is 11.9 Å². The Hall–Kier alpha value is -1.69. The molecular weight excluding hydrogens is 266 g/mol. The number of hydrogen-bond donors (Lipinski definition) is 1. The molecule has 2 aliphatic heterocycles. The number of piperidine rings is 1. The number of amides is 1. The fourth-order valence-corrected chi connectivity index (χ4v) is 3.37. The van der Waals surface area contributed by atoms with Gasteiger partial charge in [0.15, 0.2) is 0 Å². The first-order valence-electron chi connectivity index (χ1n) is 7.77. The van der Waals surface area contributed by atoms with Crippen molar-refractivity contribution in [3.63, 3.8) is 0 Å². The molecule has 114 valence electrons. The zero-order valence-electron chi connectivity index (χ0n) is 12.6. The SMILES string of the molecule is Cc1nc(N)ncc1C(=O)N1CCC(N2CCCCC2)C1. The molecule has 21 heavy (non-hydrogen) atoms. The molecule has 0 spiro atoms. The zero-order valence-corrected chi connectivity index (χ0v) is 12.6. The van der Waals surface area contributed by atoms with Crippen molar-refractivity contribution in [1.29, 1.82) is 0 Å². The van der Waals surface area contributed by atoms with Crippen LogP contribution in [0, 0.1) is 6.92 Å². The first-order chi connectivity index (χ1) is 10.1. The maximum atomic E-state index is 12.6. The molecule has 0 radical (unpaired) electrons. The van der Waals surface area contributed by atoms with Gasteiger partial charge in [0.25, 0.3) is 5.91 Å². The Kier molecular flexibility index (Phi) is 4.05. The number of carbonyl (C=O) groups is 1. The molecule has 1 unspecified atom stereocenters. The normalized spacial score (nSPS) is 23.5. The Labute approximate surface area is 125 Å². The maximum Gasteiger partial charge on any atom is 0.257 e. The molecule has 0 bridgehead atoms. The standard InChI is InChI=1S/C15H23N5O/c1-11-13(9-17-15(16)18-11)14(21)20-8-5-12(10-20)19-6-3-2-4-7-19/h9,12H,2-8,10H2,1H3,(H2,16,17,18). The van der Waals surface area contributed by atoms with Gasteiger partial charge in [0.05, 0.1) is 11.3 Å². The number of aryl methyl sites for hydroxylation is 1. The van der Waals surface area contributed by atoms with E-state index in [0.29, 0.717) is 17.3 Å². The summed E-state index contributed by atoms with van der Waals surface area (Å²) in [7, 11) is 0. The highest BCUT2D eigenvalue weighted by molar-refractivity contribution is 5.95. The fourth-order valence-electron chi connectivity index (χ4n) is 3.37. The highest BCUT2D eigenvalue weighted by Gasteiger charge is 2.32. The van der Waals surface area contributed by atoms with Crippen LogP contribution in [0.3, 0.4) is 0 Å². The van der Waals surface area contributed by atoms with Crippen LogP contribution < -0.4 is 5.73 Å². The van der Waals surface area contributed by atoms with Crippen molar-refractivity contribution >= 4 is 11.9 Å². The van der Waals surface area contributed by atoms with Gasteiger partial charge in [-0.25, -0.2) is 9.97 Å². The highest BCUT2D eigenvalue weighted by atomic mass is 16.2. The third kappa shape index (κ3) is 3.00. The van der Waals surface area contributed by atoms with Crippen LogP contribution in [-0.2, 0) is 0 Å². The lowest BCUT2D eigenvalue weighted by Crippen LogP contribution is -2.41. The molecule has 3 rings (SSSR count). The average molecular weight is 289 g/mol. The largest absolute Gasteiger partial charge is 0.368 e. The van der Waals surface area contributed by atoms with Crippen LogP contribution in [-0.4, -0.2) is 57.9 Å². The van der Waals surface area contributed by atoms with Crippen molar-refractivity contribution < 1.29 is 4.79 Å². The van der Waals surface area contributed by atoms with Gasteiger partial charge in [-0.3, -0.25) is 9.69 Å². The van der Waals surface area contributed by atoms with Crippen LogP contribution in [0.2, 0.25) is 0 Å². The van der Waals surface area contributed by atoms with Crippen LogP contribution in [0.25, 0.3) is 0 Å². The number of nitrogen functional groups attached to an aromatic ring is 1. The van der Waals surface area contributed by atoms with Crippen LogP contribution in [0.4, 0.5) is 5.95 Å². The summed E-state index contributed by atoms with van der Waals surface area (Å²) in [6.07, 6.45) is 6.54. The predicted octanol–water partition coefficient (Wildman–Crippen LogP) is 1.07. The van der Waals surface area contributed by atoms with E-state index in [0.717, 1.165) is 19.5 Å². The molecule has 0 saturated carbocycles. The van der Waals surface area contributed by atoms with Gasteiger partial charge in [0.2, 0.25) is 5.95 Å². The Morgan fingerprint density at radius 3 is 2.76 bits per heavy atom. The van der Waals surface area contributed by atoms with Crippen LogP contribution in [0.1, 0.15) is 41.7 Å². The molecule has 1 atom stereocenters. The first kappa shape index (κ1) is 14.3. The van der Waals surface area contributed by atoms with E-state index in [2.05, 4.69) is 14.9 Å². The van der Waals surface area contributed by atoms with E-state index in [1.807, 2.05) is 11.8 Å². The zero-order chi connectivity index (χ0) is 14.8. The van der Waals surface area contributed by atoms with Crippen molar-refractivity contribution in [2.75, 3.05) is 31.9 Å². The van der Waals surface area contributed by atoms with Gasteiger partial charge < -0.3 is 10.6 Å². The van der Waals surface area contributed by atoms with Crippen molar-refractivity contribution in [3.05, 3.63) is 17.5 Å². The number of anilines is 1. The number of carbonyl (C=O) groups excluding carboxylic acids is 1. The second-order valence-electron chi connectivity index (χ2n) is 6.02. The topological polar surface area (TPSA) is 75.3 Å². The second-order valence-corrected chi connectivity index (χ2v) is 6.02. The summed E-state index contributed by atoms with van der Waals surface area (Å²) in [4.78, 5) is 25.1. The minimum Gasteiger partial charge on any atom is -0.368 e. The first-order valence-corrected chi connectivity index (χ1v) is 7.77. The van der Waals surface area contributed by atoms with Crippen molar-refractivity contribution in [2.45, 2.75) is 38.6 Å². The van der Waals surface area contributed by atoms with Crippen molar-refractivity contribution in [2.24, 2.45) is 0 Å². The van der Waals surface area contributed by atoms with Gasteiger partial charge in [-0.15, -0.1) is 0 Å². The van der Waals surface area contributed by atoms with Gasteiger partial charge >= 0.3 is 0 Å².